The number of benzene rings is 1. The third-order valence-corrected chi connectivity index (χ3v) is 5.08. The number of nitrogens with one attached hydrogen (secondary N) is 2. The molecule has 0 saturated carbocycles. The van der Waals surface area contributed by atoms with Gasteiger partial charge in [-0.1, -0.05) is 18.5 Å². The van der Waals surface area contributed by atoms with Crippen LogP contribution in [0.4, 0.5) is 15.5 Å². The SMILES string of the molecule is CCN1CCc2cc(NC(=O)Nc3ccc(Cl)cc3)sc2C1. The molecule has 6 heteroatoms. The summed E-state index contributed by atoms with van der Waals surface area (Å²) in [5, 5.41) is 7.27. The van der Waals surface area contributed by atoms with E-state index in [1.165, 1.54) is 10.4 Å². The summed E-state index contributed by atoms with van der Waals surface area (Å²) in [5.41, 5.74) is 2.08. The summed E-state index contributed by atoms with van der Waals surface area (Å²) in [6.07, 6.45) is 1.06. The number of halogens is 1. The minimum absolute atomic E-state index is 0.228. The molecule has 1 aliphatic heterocycles. The Hall–Kier alpha value is -1.56. The summed E-state index contributed by atoms with van der Waals surface area (Å²) in [7, 11) is 0. The average Bonchev–Trinajstić information content (AvgIpc) is 2.90. The Bertz CT molecular complexity index is 669. The highest BCUT2D eigenvalue weighted by atomic mass is 35.5. The van der Waals surface area contributed by atoms with Crippen LogP contribution < -0.4 is 10.6 Å². The number of fused-ring (bicyclic) bond motifs is 1. The Kier molecular flexibility index (Phi) is 4.66. The van der Waals surface area contributed by atoms with Crippen LogP contribution in [0.3, 0.4) is 0 Å². The van der Waals surface area contributed by atoms with Crippen molar-refractivity contribution in [2.24, 2.45) is 0 Å². The van der Waals surface area contributed by atoms with E-state index in [-0.39, 0.29) is 6.03 Å². The van der Waals surface area contributed by atoms with Crippen molar-refractivity contribution >= 4 is 39.7 Å². The number of hydrogen-bond acceptors (Lipinski definition) is 3. The average molecular weight is 336 g/mol. The van der Waals surface area contributed by atoms with Crippen molar-refractivity contribution in [2.75, 3.05) is 23.7 Å². The highest BCUT2D eigenvalue weighted by Crippen LogP contribution is 2.31. The van der Waals surface area contributed by atoms with E-state index in [0.29, 0.717) is 5.02 Å². The van der Waals surface area contributed by atoms with Gasteiger partial charge in [-0.2, -0.15) is 0 Å². The minimum Gasteiger partial charge on any atom is -0.308 e. The van der Waals surface area contributed by atoms with Gasteiger partial charge >= 0.3 is 6.03 Å². The Labute approximate surface area is 139 Å². The van der Waals surface area contributed by atoms with E-state index in [4.69, 9.17) is 11.6 Å². The molecule has 2 N–H and O–H groups in total. The molecule has 0 spiro atoms. The van der Waals surface area contributed by atoms with E-state index in [9.17, 15) is 4.79 Å². The normalized spacial score (nSPS) is 14.5. The first-order chi connectivity index (χ1) is 10.6. The van der Waals surface area contributed by atoms with Gasteiger partial charge in [-0.05, 0) is 48.9 Å². The number of likely N-dealkylation sites (N-methyl/N-ethyl adjacent to an activating group) is 1. The predicted octanol–water partition coefficient (Wildman–Crippen LogP) is 4.42. The fourth-order valence-electron chi connectivity index (χ4n) is 2.51. The number of thiophene rings is 1. The van der Waals surface area contributed by atoms with Crippen LogP contribution in [0.1, 0.15) is 17.4 Å². The topological polar surface area (TPSA) is 44.4 Å². The fraction of sp³-hybridized carbons (Fsp3) is 0.312. The van der Waals surface area contributed by atoms with Gasteiger partial charge in [0.15, 0.2) is 0 Å². The van der Waals surface area contributed by atoms with Crippen molar-refractivity contribution in [1.82, 2.24) is 4.90 Å². The molecule has 1 aromatic carbocycles. The summed E-state index contributed by atoms with van der Waals surface area (Å²) in [6, 6.07) is 8.92. The van der Waals surface area contributed by atoms with Crippen LogP contribution >= 0.6 is 22.9 Å². The molecule has 0 unspecified atom stereocenters. The first kappa shape index (κ1) is 15.3. The van der Waals surface area contributed by atoms with Crippen molar-refractivity contribution in [3.63, 3.8) is 0 Å². The summed E-state index contributed by atoms with van der Waals surface area (Å²) in [6.45, 7) is 5.32. The molecule has 4 nitrogen and oxygen atoms in total. The van der Waals surface area contributed by atoms with Crippen molar-refractivity contribution < 1.29 is 4.79 Å². The molecule has 2 aromatic rings. The van der Waals surface area contributed by atoms with E-state index in [1.807, 2.05) is 0 Å². The molecule has 0 bridgehead atoms. The smallest absolute Gasteiger partial charge is 0.308 e. The number of rotatable bonds is 3. The van der Waals surface area contributed by atoms with Gasteiger partial charge in [0.2, 0.25) is 0 Å². The molecule has 22 heavy (non-hydrogen) atoms. The third-order valence-electron chi connectivity index (χ3n) is 3.75. The lowest BCUT2D eigenvalue weighted by Gasteiger charge is -2.24. The maximum Gasteiger partial charge on any atom is 0.324 e. The van der Waals surface area contributed by atoms with Gasteiger partial charge in [0.25, 0.3) is 0 Å². The quantitative estimate of drug-likeness (QED) is 0.871. The maximum absolute atomic E-state index is 12.0. The third kappa shape index (κ3) is 3.61. The zero-order chi connectivity index (χ0) is 15.5. The second-order valence-corrected chi connectivity index (χ2v) is 6.84. The highest BCUT2D eigenvalue weighted by molar-refractivity contribution is 7.16. The molecule has 0 fully saturated rings. The number of carbonyl (C=O) groups is 1. The van der Waals surface area contributed by atoms with Gasteiger partial charge in [-0.3, -0.25) is 10.2 Å². The molecule has 0 saturated heterocycles. The summed E-state index contributed by atoms with van der Waals surface area (Å²) in [5.74, 6) is 0. The summed E-state index contributed by atoms with van der Waals surface area (Å²) in [4.78, 5) is 15.8. The molecule has 1 aromatic heterocycles. The second-order valence-electron chi connectivity index (χ2n) is 5.26. The molecule has 0 aliphatic carbocycles. The Morgan fingerprint density at radius 2 is 2.09 bits per heavy atom. The van der Waals surface area contributed by atoms with Crippen LogP contribution in [0.25, 0.3) is 0 Å². The number of amides is 2. The van der Waals surface area contributed by atoms with Gasteiger partial charge in [-0.25, -0.2) is 4.79 Å². The fourth-order valence-corrected chi connectivity index (χ4v) is 3.79. The van der Waals surface area contributed by atoms with Gasteiger partial charge < -0.3 is 5.32 Å². The van der Waals surface area contributed by atoms with Crippen molar-refractivity contribution in [2.45, 2.75) is 19.9 Å². The second kappa shape index (κ2) is 6.69. The molecule has 0 radical (unpaired) electrons. The monoisotopic (exact) mass is 335 g/mol. The van der Waals surface area contributed by atoms with Crippen LogP contribution in [-0.4, -0.2) is 24.0 Å². The number of carbonyl (C=O) groups excluding carboxylic acids is 1. The zero-order valence-electron chi connectivity index (χ0n) is 12.4. The van der Waals surface area contributed by atoms with Crippen LogP contribution in [0.15, 0.2) is 30.3 Å². The molecule has 116 valence electrons. The number of hydrogen-bond donors (Lipinski definition) is 2. The van der Waals surface area contributed by atoms with Crippen LogP contribution in [0.5, 0.6) is 0 Å². The lowest BCUT2D eigenvalue weighted by Crippen LogP contribution is -2.28. The van der Waals surface area contributed by atoms with Crippen LogP contribution in [0, 0.1) is 0 Å². The number of urea groups is 1. The molecule has 0 atom stereocenters. The van der Waals surface area contributed by atoms with Crippen molar-refractivity contribution in [3.8, 4) is 0 Å². The van der Waals surface area contributed by atoms with Crippen LogP contribution in [-0.2, 0) is 13.0 Å². The number of anilines is 2. The van der Waals surface area contributed by atoms with Gasteiger partial charge in [-0.15, -0.1) is 11.3 Å². The van der Waals surface area contributed by atoms with E-state index in [1.54, 1.807) is 35.6 Å². The Morgan fingerprint density at radius 3 is 2.82 bits per heavy atom. The number of nitrogens with zero attached hydrogens (tertiary/aromatic N) is 1. The molecular formula is C16H18ClN3OS. The first-order valence-electron chi connectivity index (χ1n) is 7.31. The van der Waals surface area contributed by atoms with E-state index >= 15 is 0 Å². The Morgan fingerprint density at radius 1 is 1.32 bits per heavy atom. The standard InChI is InChI=1S/C16H18ClN3OS/c1-2-20-8-7-11-9-15(22-14(11)10-20)19-16(21)18-13-5-3-12(17)4-6-13/h3-6,9H,2,7-8,10H2,1H3,(H2,18,19,21). The van der Waals surface area contributed by atoms with E-state index in [0.717, 1.165) is 36.7 Å². The molecular weight excluding hydrogens is 318 g/mol. The summed E-state index contributed by atoms with van der Waals surface area (Å²) < 4.78 is 0. The van der Waals surface area contributed by atoms with Gasteiger partial charge in [0, 0.05) is 28.7 Å². The summed E-state index contributed by atoms with van der Waals surface area (Å²) >= 11 is 7.49. The molecule has 2 amide bonds. The lowest BCUT2D eigenvalue weighted by atomic mass is 10.1. The molecule has 3 rings (SSSR count). The largest absolute Gasteiger partial charge is 0.324 e. The van der Waals surface area contributed by atoms with E-state index in [2.05, 4.69) is 28.5 Å². The maximum atomic E-state index is 12.0. The molecule has 2 heterocycles. The minimum atomic E-state index is -0.228. The van der Waals surface area contributed by atoms with Crippen LogP contribution in [0.2, 0.25) is 5.02 Å². The van der Waals surface area contributed by atoms with Crippen molar-refractivity contribution in [1.29, 1.82) is 0 Å². The predicted molar refractivity (Wildman–Crippen MR) is 93.1 cm³/mol. The molecule has 1 aliphatic rings. The van der Waals surface area contributed by atoms with Gasteiger partial charge in [0.1, 0.15) is 0 Å². The first-order valence-corrected chi connectivity index (χ1v) is 8.51. The van der Waals surface area contributed by atoms with Crippen molar-refractivity contribution in [3.05, 3.63) is 45.8 Å². The van der Waals surface area contributed by atoms with E-state index < -0.39 is 0 Å². The zero-order valence-corrected chi connectivity index (χ0v) is 13.9. The highest BCUT2D eigenvalue weighted by Gasteiger charge is 2.18. The van der Waals surface area contributed by atoms with Gasteiger partial charge in [0.05, 0.1) is 5.00 Å². The lowest BCUT2D eigenvalue weighted by molar-refractivity contribution is 0.262. The Balaban J connectivity index is 1.62.